The molecule has 6 heteroatoms. The van der Waals surface area contributed by atoms with Gasteiger partial charge in [-0.25, -0.2) is 0 Å². The van der Waals surface area contributed by atoms with E-state index in [9.17, 15) is 4.79 Å². The van der Waals surface area contributed by atoms with Crippen LogP contribution < -0.4 is 10.2 Å². The fourth-order valence-electron chi connectivity index (χ4n) is 2.68. The largest absolute Gasteiger partial charge is 0.444 e. The van der Waals surface area contributed by atoms with Gasteiger partial charge in [0.1, 0.15) is 0 Å². The van der Waals surface area contributed by atoms with Crippen molar-refractivity contribution in [2.75, 3.05) is 23.3 Å². The standard InChI is InChI=1S/C16H16BrClN2O2/c17-14-8-7-13(22-14)16(21)19-12-6-4-5-11(18)15(12)20-9-2-1-3-10-20/h4-8H,1-3,9-10H2,(H,19,21). The van der Waals surface area contributed by atoms with Gasteiger partial charge < -0.3 is 14.6 Å². The number of amides is 1. The zero-order chi connectivity index (χ0) is 15.5. The van der Waals surface area contributed by atoms with Crippen LogP contribution in [0.3, 0.4) is 0 Å². The molecular weight excluding hydrogens is 368 g/mol. The van der Waals surface area contributed by atoms with Gasteiger partial charge in [0.15, 0.2) is 10.4 Å². The summed E-state index contributed by atoms with van der Waals surface area (Å²) >= 11 is 9.57. The van der Waals surface area contributed by atoms with E-state index < -0.39 is 0 Å². The molecule has 0 aliphatic carbocycles. The van der Waals surface area contributed by atoms with Crippen LogP contribution in [0.25, 0.3) is 0 Å². The Hall–Kier alpha value is -1.46. The van der Waals surface area contributed by atoms with Gasteiger partial charge in [-0.2, -0.15) is 0 Å². The molecule has 0 unspecified atom stereocenters. The maximum atomic E-state index is 12.3. The highest BCUT2D eigenvalue weighted by Gasteiger charge is 2.20. The smallest absolute Gasteiger partial charge is 0.291 e. The number of anilines is 2. The van der Waals surface area contributed by atoms with Crippen LogP contribution in [0.2, 0.25) is 5.02 Å². The van der Waals surface area contributed by atoms with E-state index in [0.717, 1.165) is 31.6 Å². The Morgan fingerprint density at radius 1 is 1.18 bits per heavy atom. The molecule has 0 saturated carbocycles. The van der Waals surface area contributed by atoms with Crippen LogP contribution in [0.15, 0.2) is 39.4 Å². The van der Waals surface area contributed by atoms with Gasteiger partial charge in [-0.1, -0.05) is 17.7 Å². The van der Waals surface area contributed by atoms with Crippen molar-refractivity contribution in [3.05, 3.63) is 45.8 Å². The molecule has 3 rings (SSSR count). The van der Waals surface area contributed by atoms with Crippen LogP contribution in [0.5, 0.6) is 0 Å². The Morgan fingerprint density at radius 2 is 1.95 bits per heavy atom. The highest BCUT2D eigenvalue weighted by Crippen LogP contribution is 2.35. The normalized spacial score (nSPS) is 14.9. The van der Waals surface area contributed by atoms with Crippen molar-refractivity contribution in [3.8, 4) is 0 Å². The molecule has 1 aromatic carbocycles. The van der Waals surface area contributed by atoms with Gasteiger partial charge in [-0.05, 0) is 59.5 Å². The van der Waals surface area contributed by atoms with E-state index in [4.69, 9.17) is 16.0 Å². The van der Waals surface area contributed by atoms with E-state index in [2.05, 4.69) is 26.1 Å². The Bertz CT molecular complexity index is 681. The summed E-state index contributed by atoms with van der Waals surface area (Å²) in [5, 5.41) is 3.55. The van der Waals surface area contributed by atoms with Crippen LogP contribution in [0, 0.1) is 0 Å². The second-order valence-corrected chi connectivity index (χ2v) is 6.43. The fraction of sp³-hybridized carbons (Fsp3) is 0.312. The average molecular weight is 384 g/mol. The van der Waals surface area contributed by atoms with Crippen molar-refractivity contribution in [1.29, 1.82) is 0 Å². The highest BCUT2D eigenvalue weighted by molar-refractivity contribution is 9.10. The Kier molecular flexibility index (Phi) is 4.74. The average Bonchev–Trinajstić information content (AvgIpc) is 2.95. The maximum absolute atomic E-state index is 12.3. The number of para-hydroxylation sites is 1. The van der Waals surface area contributed by atoms with E-state index in [-0.39, 0.29) is 11.7 Å². The van der Waals surface area contributed by atoms with Gasteiger partial charge in [0, 0.05) is 13.1 Å². The number of nitrogens with zero attached hydrogens (tertiary/aromatic N) is 1. The fourth-order valence-corrected chi connectivity index (χ4v) is 3.28. The van der Waals surface area contributed by atoms with Crippen molar-refractivity contribution in [3.63, 3.8) is 0 Å². The molecule has 0 atom stereocenters. The summed E-state index contributed by atoms with van der Waals surface area (Å²) in [6, 6.07) is 8.88. The summed E-state index contributed by atoms with van der Waals surface area (Å²) in [4.78, 5) is 14.5. The quantitative estimate of drug-likeness (QED) is 0.816. The summed E-state index contributed by atoms with van der Waals surface area (Å²) < 4.78 is 5.82. The molecule has 116 valence electrons. The minimum Gasteiger partial charge on any atom is -0.444 e. The lowest BCUT2D eigenvalue weighted by atomic mass is 10.1. The second-order valence-electron chi connectivity index (χ2n) is 5.24. The lowest BCUT2D eigenvalue weighted by Crippen LogP contribution is -2.30. The molecule has 2 aromatic rings. The molecule has 1 saturated heterocycles. The number of benzene rings is 1. The predicted octanol–water partition coefficient (Wildman–Crippen LogP) is 4.94. The molecule has 1 aliphatic heterocycles. The van der Waals surface area contributed by atoms with Crippen LogP contribution in [-0.2, 0) is 0 Å². The highest BCUT2D eigenvalue weighted by atomic mass is 79.9. The third kappa shape index (κ3) is 3.31. The summed E-state index contributed by atoms with van der Waals surface area (Å²) in [5.41, 5.74) is 1.61. The zero-order valence-electron chi connectivity index (χ0n) is 11.9. The molecule has 1 fully saturated rings. The number of nitrogens with one attached hydrogen (secondary N) is 1. The van der Waals surface area contributed by atoms with Crippen molar-refractivity contribution in [1.82, 2.24) is 0 Å². The molecular formula is C16H16BrClN2O2. The van der Waals surface area contributed by atoms with Crippen LogP contribution in [-0.4, -0.2) is 19.0 Å². The first-order chi connectivity index (χ1) is 10.6. The predicted molar refractivity (Wildman–Crippen MR) is 91.9 cm³/mol. The lowest BCUT2D eigenvalue weighted by Gasteiger charge is -2.31. The van der Waals surface area contributed by atoms with E-state index in [1.165, 1.54) is 6.42 Å². The number of piperidine rings is 1. The van der Waals surface area contributed by atoms with Crippen molar-refractivity contribution in [2.24, 2.45) is 0 Å². The first-order valence-corrected chi connectivity index (χ1v) is 8.42. The van der Waals surface area contributed by atoms with E-state index >= 15 is 0 Å². The number of furan rings is 1. The van der Waals surface area contributed by atoms with Crippen molar-refractivity contribution < 1.29 is 9.21 Å². The summed E-state index contributed by atoms with van der Waals surface area (Å²) in [5.74, 6) is -0.0253. The third-order valence-electron chi connectivity index (χ3n) is 3.70. The molecule has 1 aromatic heterocycles. The SMILES string of the molecule is O=C(Nc1cccc(Cl)c1N1CCCCC1)c1ccc(Br)o1. The molecule has 0 bridgehead atoms. The Balaban J connectivity index is 1.86. The number of carbonyl (C=O) groups is 1. The lowest BCUT2D eigenvalue weighted by molar-refractivity contribution is 0.0995. The molecule has 4 nitrogen and oxygen atoms in total. The first kappa shape index (κ1) is 15.4. The number of carbonyl (C=O) groups excluding carboxylic acids is 1. The van der Waals surface area contributed by atoms with Crippen molar-refractivity contribution in [2.45, 2.75) is 19.3 Å². The van der Waals surface area contributed by atoms with Gasteiger partial charge >= 0.3 is 0 Å². The molecule has 1 aliphatic rings. The van der Waals surface area contributed by atoms with Gasteiger partial charge in [0.05, 0.1) is 16.4 Å². The topological polar surface area (TPSA) is 45.5 Å². The molecule has 1 N–H and O–H groups in total. The summed E-state index contributed by atoms with van der Waals surface area (Å²) in [6.07, 6.45) is 3.52. The van der Waals surface area contributed by atoms with Gasteiger partial charge in [0.25, 0.3) is 5.91 Å². The minimum atomic E-state index is -0.286. The first-order valence-electron chi connectivity index (χ1n) is 7.25. The van der Waals surface area contributed by atoms with E-state index in [1.54, 1.807) is 12.1 Å². The van der Waals surface area contributed by atoms with Crippen LogP contribution in [0.1, 0.15) is 29.8 Å². The summed E-state index contributed by atoms with van der Waals surface area (Å²) in [7, 11) is 0. The van der Waals surface area contributed by atoms with Gasteiger partial charge in [-0.3, -0.25) is 4.79 Å². The van der Waals surface area contributed by atoms with E-state index in [0.29, 0.717) is 15.4 Å². The molecule has 1 amide bonds. The number of hydrogen-bond acceptors (Lipinski definition) is 3. The number of rotatable bonds is 3. The number of hydrogen-bond donors (Lipinski definition) is 1. The van der Waals surface area contributed by atoms with Gasteiger partial charge in [0.2, 0.25) is 0 Å². The molecule has 0 radical (unpaired) electrons. The minimum absolute atomic E-state index is 0.261. The Morgan fingerprint density at radius 3 is 2.64 bits per heavy atom. The second kappa shape index (κ2) is 6.75. The molecule has 22 heavy (non-hydrogen) atoms. The Labute approximate surface area is 142 Å². The van der Waals surface area contributed by atoms with E-state index in [1.807, 2.05) is 18.2 Å². The van der Waals surface area contributed by atoms with Crippen LogP contribution >= 0.6 is 27.5 Å². The maximum Gasteiger partial charge on any atom is 0.291 e. The zero-order valence-corrected chi connectivity index (χ0v) is 14.3. The van der Waals surface area contributed by atoms with Crippen LogP contribution in [0.4, 0.5) is 11.4 Å². The monoisotopic (exact) mass is 382 g/mol. The van der Waals surface area contributed by atoms with Gasteiger partial charge in [-0.15, -0.1) is 0 Å². The third-order valence-corrected chi connectivity index (χ3v) is 4.44. The molecule has 0 spiro atoms. The van der Waals surface area contributed by atoms with Crippen molar-refractivity contribution >= 4 is 44.8 Å². The summed E-state index contributed by atoms with van der Waals surface area (Å²) in [6.45, 7) is 1.91. The molecule has 2 heterocycles. The number of halogens is 2.